The smallest absolute Gasteiger partial charge is 0.269 e. The monoisotopic (exact) mass is 584 g/mol. The third-order valence-corrected chi connectivity index (χ3v) is 8.30. The number of aryl methyl sites for hydroxylation is 1. The molecule has 2 aromatic carbocycles. The molecule has 0 unspecified atom stereocenters. The summed E-state index contributed by atoms with van der Waals surface area (Å²) in [6.07, 6.45) is -2.02. The van der Waals surface area contributed by atoms with Gasteiger partial charge in [-0.15, -0.1) is 0 Å². The number of carbonyl (C=O) groups is 1. The van der Waals surface area contributed by atoms with Gasteiger partial charge in [0.2, 0.25) is 10.0 Å². The molecule has 0 saturated carbocycles. The van der Waals surface area contributed by atoms with Gasteiger partial charge in [-0.3, -0.25) is 9.52 Å². The predicted molar refractivity (Wildman–Crippen MR) is 147 cm³/mol. The molecule has 40 heavy (non-hydrogen) atoms. The largest absolute Gasteiger partial charge is 0.395 e. The number of nitrogens with one attached hydrogen (secondary N) is 2. The maximum Gasteiger partial charge on any atom is 0.269 e. The van der Waals surface area contributed by atoms with Gasteiger partial charge in [0.25, 0.3) is 17.9 Å². The zero-order chi connectivity index (χ0) is 29.1. The summed E-state index contributed by atoms with van der Waals surface area (Å²) in [6.45, 7) is 2.04. The highest BCUT2D eigenvalue weighted by molar-refractivity contribution is 7.92. The van der Waals surface area contributed by atoms with Gasteiger partial charge in [-0.2, -0.15) is 8.78 Å². The van der Waals surface area contributed by atoms with Gasteiger partial charge in [-0.05, 0) is 67.3 Å². The van der Waals surface area contributed by atoms with Crippen molar-refractivity contribution in [1.82, 2.24) is 0 Å². The van der Waals surface area contributed by atoms with Crippen LogP contribution in [0.5, 0.6) is 0 Å². The van der Waals surface area contributed by atoms with Crippen LogP contribution in [-0.2, 0) is 10.0 Å². The summed E-state index contributed by atoms with van der Waals surface area (Å²) in [5, 5.41) is 11.9. The molecule has 0 spiro atoms. The van der Waals surface area contributed by atoms with E-state index in [2.05, 4.69) is 10.0 Å². The summed E-state index contributed by atoms with van der Waals surface area (Å²) in [6, 6.07) is 9.67. The Balaban J connectivity index is 1.60. The summed E-state index contributed by atoms with van der Waals surface area (Å²) in [7, 11) is -3.84. The Bertz CT molecular complexity index is 1380. The fraction of sp³-hybridized carbons (Fsp3) is 0.444. The molecule has 2 aliphatic rings. The van der Waals surface area contributed by atoms with Crippen LogP contribution in [0.25, 0.3) is 0 Å². The minimum Gasteiger partial charge on any atom is -0.395 e. The first-order valence-corrected chi connectivity index (χ1v) is 14.6. The average molecular weight is 585 g/mol. The molecule has 2 aromatic rings. The number of nitrogens with zero attached hydrogens (tertiary/aromatic N) is 2. The normalized spacial score (nSPS) is 17.5. The number of alkyl halides is 2. The van der Waals surface area contributed by atoms with Crippen LogP contribution in [0, 0.1) is 6.92 Å². The van der Waals surface area contributed by atoms with Crippen LogP contribution in [0.15, 0.2) is 48.1 Å². The van der Waals surface area contributed by atoms with E-state index in [0.717, 1.165) is 5.56 Å². The predicted octanol–water partition coefficient (Wildman–Crippen LogP) is 4.97. The summed E-state index contributed by atoms with van der Waals surface area (Å²) in [4.78, 5) is 17.1. The number of sulfonamides is 1. The topological polar surface area (TPSA) is 102 Å². The Kier molecular flexibility index (Phi) is 8.93. The lowest BCUT2D eigenvalue weighted by Gasteiger charge is -2.34. The number of hydrogen-bond donors (Lipinski definition) is 3. The van der Waals surface area contributed by atoms with E-state index in [0.29, 0.717) is 17.1 Å². The van der Waals surface area contributed by atoms with Gasteiger partial charge in [-0.1, -0.05) is 0 Å². The summed E-state index contributed by atoms with van der Waals surface area (Å²) >= 11 is 0. The molecule has 0 aromatic heterocycles. The quantitative estimate of drug-likeness (QED) is 0.379. The second kappa shape index (κ2) is 12.0. The van der Waals surface area contributed by atoms with Gasteiger partial charge in [0.05, 0.1) is 29.3 Å². The van der Waals surface area contributed by atoms with Crippen molar-refractivity contribution in [2.24, 2.45) is 0 Å². The molecule has 2 fully saturated rings. The molecule has 1 amide bonds. The van der Waals surface area contributed by atoms with Crippen molar-refractivity contribution >= 4 is 38.7 Å². The van der Waals surface area contributed by atoms with E-state index in [1.54, 1.807) is 17.0 Å². The molecule has 0 aliphatic carbocycles. The molecule has 4 rings (SSSR count). The number of rotatable bonds is 8. The SMILES string of the molecule is Cc1cc(NC(=O)c2ccc(NS(=O)(=O)CCO)cc2N2CCC(=C(F)F)CC2)cc(N2CCC(F)(F)CC2)c1. The number of halogens is 4. The third-order valence-electron chi connectivity index (χ3n) is 7.03. The van der Waals surface area contributed by atoms with E-state index in [9.17, 15) is 30.8 Å². The molecule has 218 valence electrons. The number of carbonyl (C=O) groups excluding carboxylic acids is 1. The fourth-order valence-corrected chi connectivity index (χ4v) is 5.74. The van der Waals surface area contributed by atoms with E-state index >= 15 is 0 Å². The van der Waals surface area contributed by atoms with Crippen LogP contribution in [0.3, 0.4) is 0 Å². The third kappa shape index (κ3) is 7.45. The first-order valence-electron chi connectivity index (χ1n) is 12.9. The second-order valence-corrected chi connectivity index (χ2v) is 11.9. The van der Waals surface area contributed by atoms with Crippen molar-refractivity contribution in [3.63, 3.8) is 0 Å². The average Bonchev–Trinajstić information content (AvgIpc) is 2.88. The van der Waals surface area contributed by atoms with Crippen molar-refractivity contribution in [2.75, 3.05) is 58.4 Å². The standard InChI is InChI=1S/C27H32F4N4O4S/c1-18-14-21(16-22(15-18)34-10-6-27(30,31)7-11-34)32-26(37)23-3-2-20(33-40(38,39)13-12-36)17-24(23)35-8-4-19(5-9-35)25(28)29/h2-3,14-17,33,36H,4-13H2,1H3,(H,32,37). The van der Waals surface area contributed by atoms with E-state index in [-0.39, 0.29) is 68.7 Å². The molecule has 0 radical (unpaired) electrons. The van der Waals surface area contributed by atoms with Gasteiger partial charge in [0.1, 0.15) is 0 Å². The molecule has 2 saturated heterocycles. The molecule has 8 nitrogen and oxygen atoms in total. The Morgan fingerprint density at radius 3 is 2.27 bits per heavy atom. The minimum atomic E-state index is -3.84. The molecule has 0 bridgehead atoms. The van der Waals surface area contributed by atoms with E-state index < -0.39 is 40.3 Å². The summed E-state index contributed by atoms with van der Waals surface area (Å²) in [5.74, 6) is -3.70. The number of aliphatic hydroxyl groups excluding tert-OH is 1. The lowest BCUT2D eigenvalue weighted by atomic mass is 10.0. The first-order chi connectivity index (χ1) is 18.9. The Labute approximate surface area is 230 Å². The van der Waals surface area contributed by atoms with Crippen LogP contribution in [-0.4, -0.2) is 63.9 Å². The molecule has 2 aliphatic heterocycles. The molecule has 2 heterocycles. The van der Waals surface area contributed by atoms with Gasteiger partial charge < -0.3 is 20.2 Å². The van der Waals surface area contributed by atoms with Gasteiger partial charge >= 0.3 is 0 Å². The maximum atomic E-state index is 13.6. The lowest BCUT2D eigenvalue weighted by Crippen LogP contribution is -2.39. The van der Waals surface area contributed by atoms with Crippen molar-refractivity contribution in [3.05, 3.63) is 59.2 Å². The zero-order valence-corrected chi connectivity index (χ0v) is 22.8. The van der Waals surface area contributed by atoms with Gasteiger partial charge in [-0.25, -0.2) is 17.2 Å². The summed E-state index contributed by atoms with van der Waals surface area (Å²) < 4.78 is 80.3. The van der Waals surface area contributed by atoms with Crippen LogP contribution in [0.2, 0.25) is 0 Å². The highest BCUT2D eigenvalue weighted by Crippen LogP contribution is 2.34. The molecular formula is C27H32F4N4O4S. The number of hydrogen-bond acceptors (Lipinski definition) is 6. The van der Waals surface area contributed by atoms with Crippen LogP contribution in [0.1, 0.15) is 41.6 Å². The molecule has 0 atom stereocenters. The molecule has 3 N–H and O–H groups in total. The van der Waals surface area contributed by atoms with Crippen molar-refractivity contribution in [1.29, 1.82) is 0 Å². The second-order valence-electron chi connectivity index (χ2n) is 10.1. The zero-order valence-electron chi connectivity index (χ0n) is 22.0. The Hall–Kier alpha value is -3.32. The first kappa shape index (κ1) is 29.7. The maximum absolute atomic E-state index is 13.6. The van der Waals surface area contributed by atoms with E-state index in [1.165, 1.54) is 18.2 Å². The van der Waals surface area contributed by atoms with Crippen LogP contribution >= 0.6 is 0 Å². The van der Waals surface area contributed by atoms with Gasteiger partial charge in [0.15, 0.2) is 0 Å². The number of aliphatic hydroxyl groups is 1. The number of amides is 1. The Morgan fingerprint density at radius 2 is 1.65 bits per heavy atom. The van der Waals surface area contributed by atoms with Gasteiger partial charge in [0, 0.05) is 50.4 Å². The van der Waals surface area contributed by atoms with Crippen molar-refractivity contribution in [2.45, 2.75) is 38.5 Å². The molecular weight excluding hydrogens is 552 g/mol. The van der Waals surface area contributed by atoms with E-state index in [4.69, 9.17) is 5.11 Å². The lowest BCUT2D eigenvalue weighted by molar-refractivity contribution is -0.0220. The van der Waals surface area contributed by atoms with Crippen molar-refractivity contribution < 1.29 is 35.9 Å². The molecule has 13 heteroatoms. The van der Waals surface area contributed by atoms with Crippen LogP contribution < -0.4 is 19.8 Å². The number of benzene rings is 2. The van der Waals surface area contributed by atoms with Crippen molar-refractivity contribution in [3.8, 4) is 0 Å². The van der Waals surface area contributed by atoms with Crippen LogP contribution in [0.4, 0.5) is 40.3 Å². The number of anilines is 4. The minimum absolute atomic E-state index is 0.0461. The fourth-order valence-electron chi connectivity index (χ4n) is 4.91. The highest BCUT2D eigenvalue weighted by atomic mass is 32.2. The highest BCUT2D eigenvalue weighted by Gasteiger charge is 2.34. The summed E-state index contributed by atoms with van der Waals surface area (Å²) in [5.41, 5.74) is 2.78. The van der Waals surface area contributed by atoms with E-state index in [1.807, 2.05) is 17.9 Å². The Morgan fingerprint density at radius 1 is 0.975 bits per heavy atom. The number of piperidine rings is 2.